The topological polar surface area (TPSA) is 24.8 Å². The van der Waals surface area contributed by atoms with Crippen LogP contribution in [0, 0.1) is 0 Å². The molecule has 1 heterocycles. The Balaban J connectivity index is 1.45. The summed E-state index contributed by atoms with van der Waals surface area (Å²) >= 11 is 0. The molecule has 4 rings (SSSR count). The van der Waals surface area contributed by atoms with Gasteiger partial charge in [-0.1, -0.05) is 91.0 Å². The summed E-state index contributed by atoms with van der Waals surface area (Å²) in [5.74, 6) is 0.237. The predicted molar refractivity (Wildman–Crippen MR) is 112 cm³/mol. The molecule has 0 bridgehead atoms. The lowest BCUT2D eigenvalue weighted by atomic mass is 9.96. The van der Waals surface area contributed by atoms with E-state index in [1.54, 1.807) is 0 Å². The second-order valence-electron chi connectivity index (χ2n) is 7.46. The largest absolute Gasteiger partial charge is 0.331 e. The Hall–Kier alpha value is -2.91. The summed E-state index contributed by atoms with van der Waals surface area (Å²) in [4.78, 5) is 16.3. The van der Waals surface area contributed by atoms with Gasteiger partial charge in [0.25, 0.3) is 0 Å². The maximum Gasteiger partial charge on any atom is 0.227 e. The van der Waals surface area contributed by atoms with Crippen molar-refractivity contribution >= 4 is 5.91 Å². The zero-order valence-corrected chi connectivity index (χ0v) is 16.1. The number of nitrogens with zero attached hydrogens (tertiary/aromatic N) is 1. The summed E-state index contributed by atoms with van der Waals surface area (Å²) in [6, 6.07) is 31.8. The van der Waals surface area contributed by atoms with Crippen LogP contribution >= 0.6 is 0 Å². The SMILES string of the molecule is O=C(Cc1ccccc1)N1CC[NH+](C(c2ccccc2)c2ccccc2)CC1. The lowest BCUT2D eigenvalue weighted by molar-refractivity contribution is -0.929. The summed E-state index contributed by atoms with van der Waals surface area (Å²) < 4.78 is 0. The third-order valence-corrected chi connectivity index (χ3v) is 5.63. The van der Waals surface area contributed by atoms with Gasteiger partial charge in [-0.15, -0.1) is 0 Å². The van der Waals surface area contributed by atoms with Crippen molar-refractivity contribution < 1.29 is 9.69 Å². The van der Waals surface area contributed by atoms with E-state index in [4.69, 9.17) is 0 Å². The molecule has 3 heteroatoms. The number of nitrogens with one attached hydrogen (secondary N) is 1. The number of amides is 1. The highest BCUT2D eigenvalue weighted by molar-refractivity contribution is 5.78. The van der Waals surface area contributed by atoms with E-state index in [0.717, 1.165) is 31.7 Å². The molecule has 0 saturated carbocycles. The molecule has 1 saturated heterocycles. The summed E-state index contributed by atoms with van der Waals surface area (Å²) in [6.45, 7) is 3.57. The number of hydrogen-bond donors (Lipinski definition) is 1. The minimum absolute atomic E-state index is 0.237. The van der Waals surface area contributed by atoms with Gasteiger partial charge in [-0.25, -0.2) is 0 Å². The van der Waals surface area contributed by atoms with E-state index in [0.29, 0.717) is 12.5 Å². The number of quaternary nitrogens is 1. The van der Waals surface area contributed by atoms with Gasteiger partial charge in [-0.3, -0.25) is 4.79 Å². The molecule has 0 radical (unpaired) electrons. The van der Waals surface area contributed by atoms with Crippen molar-refractivity contribution in [1.29, 1.82) is 0 Å². The van der Waals surface area contributed by atoms with Gasteiger partial charge in [-0.05, 0) is 5.56 Å². The van der Waals surface area contributed by atoms with Crippen LogP contribution in [-0.2, 0) is 11.2 Å². The van der Waals surface area contributed by atoms with Crippen molar-refractivity contribution in [3.8, 4) is 0 Å². The molecule has 1 aliphatic heterocycles. The fourth-order valence-electron chi connectivity index (χ4n) is 4.17. The van der Waals surface area contributed by atoms with Crippen LogP contribution in [0.15, 0.2) is 91.0 Å². The van der Waals surface area contributed by atoms with Crippen molar-refractivity contribution in [2.45, 2.75) is 12.5 Å². The van der Waals surface area contributed by atoms with E-state index in [2.05, 4.69) is 60.7 Å². The highest BCUT2D eigenvalue weighted by Crippen LogP contribution is 2.19. The zero-order chi connectivity index (χ0) is 19.2. The first-order chi connectivity index (χ1) is 13.8. The molecule has 1 aliphatic rings. The Morgan fingerprint density at radius 2 is 1.21 bits per heavy atom. The van der Waals surface area contributed by atoms with Crippen LogP contribution in [0.25, 0.3) is 0 Å². The van der Waals surface area contributed by atoms with Crippen LogP contribution in [-0.4, -0.2) is 37.0 Å². The average molecular weight is 372 g/mol. The molecule has 3 aromatic carbocycles. The Morgan fingerprint density at radius 1 is 0.750 bits per heavy atom. The third-order valence-electron chi connectivity index (χ3n) is 5.63. The molecule has 1 fully saturated rings. The van der Waals surface area contributed by atoms with Gasteiger partial charge in [0.15, 0.2) is 0 Å². The Bertz CT molecular complexity index is 833. The van der Waals surface area contributed by atoms with Crippen molar-refractivity contribution in [1.82, 2.24) is 4.90 Å². The molecule has 1 N–H and O–H groups in total. The van der Waals surface area contributed by atoms with Gasteiger partial charge in [-0.2, -0.15) is 0 Å². The number of benzene rings is 3. The Kier molecular flexibility index (Phi) is 5.83. The van der Waals surface area contributed by atoms with Gasteiger partial charge in [0.05, 0.1) is 32.6 Å². The molecule has 3 aromatic rings. The van der Waals surface area contributed by atoms with Crippen molar-refractivity contribution in [3.05, 3.63) is 108 Å². The van der Waals surface area contributed by atoms with Crippen LogP contribution in [0.2, 0.25) is 0 Å². The Labute approximate surface area is 167 Å². The lowest BCUT2D eigenvalue weighted by Crippen LogP contribution is -3.15. The molecule has 0 aliphatic carbocycles. The molecule has 1 amide bonds. The van der Waals surface area contributed by atoms with Crippen LogP contribution < -0.4 is 4.90 Å². The second kappa shape index (κ2) is 8.85. The van der Waals surface area contributed by atoms with Crippen LogP contribution in [0.3, 0.4) is 0 Å². The molecular formula is C25H27N2O+. The molecule has 0 atom stereocenters. The van der Waals surface area contributed by atoms with E-state index in [1.807, 2.05) is 35.2 Å². The average Bonchev–Trinajstić information content (AvgIpc) is 2.77. The van der Waals surface area contributed by atoms with E-state index < -0.39 is 0 Å². The predicted octanol–water partition coefficient (Wildman–Crippen LogP) is 2.75. The molecule has 142 valence electrons. The van der Waals surface area contributed by atoms with Gasteiger partial charge in [0.1, 0.15) is 6.04 Å². The van der Waals surface area contributed by atoms with Crippen LogP contribution in [0.4, 0.5) is 0 Å². The number of rotatable bonds is 5. The zero-order valence-electron chi connectivity index (χ0n) is 16.1. The van der Waals surface area contributed by atoms with Crippen molar-refractivity contribution in [3.63, 3.8) is 0 Å². The van der Waals surface area contributed by atoms with Gasteiger partial charge in [0, 0.05) is 11.1 Å². The quantitative estimate of drug-likeness (QED) is 0.733. The number of carbonyl (C=O) groups is 1. The fourth-order valence-corrected chi connectivity index (χ4v) is 4.17. The van der Waals surface area contributed by atoms with Crippen LogP contribution in [0.1, 0.15) is 22.7 Å². The molecule has 0 unspecified atom stereocenters. The van der Waals surface area contributed by atoms with E-state index in [9.17, 15) is 4.79 Å². The van der Waals surface area contributed by atoms with Crippen LogP contribution in [0.5, 0.6) is 0 Å². The number of piperazine rings is 1. The second-order valence-corrected chi connectivity index (χ2v) is 7.46. The molecular weight excluding hydrogens is 344 g/mol. The molecule has 28 heavy (non-hydrogen) atoms. The normalized spacial score (nSPS) is 15.0. The maximum absolute atomic E-state index is 12.7. The third kappa shape index (κ3) is 4.32. The Morgan fingerprint density at radius 3 is 1.71 bits per heavy atom. The molecule has 0 spiro atoms. The first-order valence-electron chi connectivity index (χ1n) is 10.1. The first-order valence-corrected chi connectivity index (χ1v) is 10.1. The fraction of sp³-hybridized carbons (Fsp3) is 0.240. The summed E-state index contributed by atoms with van der Waals surface area (Å²) in [5, 5.41) is 0. The van der Waals surface area contributed by atoms with Gasteiger partial charge in [0.2, 0.25) is 5.91 Å². The number of carbonyl (C=O) groups excluding carboxylic acids is 1. The van der Waals surface area contributed by atoms with E-state index >= 15 is 0 Å². The van der Waals surface area contributed by atoms with E-state index in [1.165, 1.54) is 16.0 Å². The monoisotopic (exact) mass is 371 g/mol. The van der Waals surface area contributed by atoms with Crippen molar-refractivity contribution in [2.24, 2.45) is 0 Å². The van der Waals surface area contributed by atoms with Gasteiger partial charge < -0.3 is 9.80 Å². The summed E-state index contributed by atoms with van der Waals surface area (Å²) in [5.41, 5.74) is 3.77. The van der Waals surface area contributed by atoms with E-state index in [-0.39, 0.29) is 5.91 Å². The summed E-state index contributed by atoms with van der Waals surface area (Å²) in [6.07, 6.45) is 0.497. The molecule has 3 nitrogen and oxygen atoms in total. The standard InChI is InChI=1S/C25H26N2O/c28-24(20-21-10-4-1-5-11-21)26-16-18-27(19-17-26)25(22-12-6-2-7-13-22)23-14-8-3-9-15-23/h1-15,25H,16-20H2/p+1. The summed E-state index contributed by atoms with van der Waals surface area (Å²) in [7, 11) is 0. The number of hydrogen-bond acceptors (Lipinski definition) is 1. The highest BCUT2D eigenvalue weighted by atomic mass is 16.2. The molecule has 0 aromatic heterocycles. The minimum atomic E-state index is 0.237. The van der Waals surface area contributed by atoms with Crippen molar-refractivity contribution in [2.75, 3.05) is 26.2 Å². The highest BCUT2D eigenvalue weighted by Gasteiger charge is 2.31. The smallest absolute Gasteiger partial charge is 0.227 e. The lowest BCUT2D eigenvalue weighted by Gasteiger charge is -2.37. The minimum Gasteiger partial charge on any atom is -0.331 e. The maximum atomic E-state index is 12.7. The first kappa shape index (κ1) is 18.5. The van der Waals surface area contributed by atoms with Gasteiger partial charge >= 0.3 is 0 Å².